The molecule has 0 aliphatic carbocycles. The zero-order valence-electron chi connectivity index (χ0n) is 14.9. The summed E-state index contributed by atoms with van der Waals surface area (Å²) in [5.41, 5.74) is 3.03. The maximum absolute atomic E-state index is 12.6. The molecule has 0 radical (unpaired) electrons. The van der Waals surface area contributed by atoms with E-state index in [4.69, 9.17) is 4.74 Å². The van der Waals surface area contributed by atoms with Crippen molar-refractivity contribution in [3.8, 4) is 5.75 Å². The third-order valence-electron chi connectivity index (χ3n) is 3.83. The number of imidazole rings is 1. The van der Waals surface area contributed by atoms with Crippen LogP contribution in [-0.4, -0.2) is 59.5 Å². The number of hydrogen-bond acceptors (Lipinski definition) is 4. The fraction of sp³-hybridized carbons (Fsp3) is 0.444. The van der Waals surface area contributed by atoms with E-state index in [0.717, 1.165) is 23.5 Å². The van der Waals surface area contributed by atoms with Crippen LogP contribution in [0.5, 0.6) is 5.75 Å². The van der Waals surface area contributed by atoms with E-state index in [1.807, 2.05) is 52.2 Å². The minimum atomic E-state index is -0.0418. The standard InChI is InChI=1S/C18H26N4O2/c1-14-5-7-16(8-6-14)24-12-18(23)22(10-9-21(3)4)11-17-15(2)19-13-20-17/h5-8,13H,9-12H2,1-4H3,(H,19,20). The highest BCUT2D eigenvalue weighted by molar-refractivity contribution is 5.77. The fourth-order valence-electron chi connectivity index (χ4n) is 2.21. The predicted molar refractivity (Wildman–Crippen MR) is 94.0 cm³/mol. The first-order valence-corrected chi connectivity index (χ1v) is 8.06. The normalized spacial score (nSPS) is 10.9. The minimum absolute atomic E-state index is 0.0277. The van der Waals surface area contributed by atoms with Crippen LogP contribution >= 0.6 is 0 Å². The maximum Gasteiger partial charge on any atom is 0.260 e. The van der Waals surface area contributed by atoms with Gasteiger partial charge in [0.15, 0.2) is 6.61 Å². The Hall–Kier alpha value is -2.34. The number of rotatable bonds is 8. The summed E-state index contributed by atoms with van der Waals surface area (Å²) in [5, 5.41) is 0. The topological polar surface area (TPSA) is 61.5 Å². The Morgan fingerprint density at radius 2 is 1.88 bits per heavy atom. The van der Waals surface area contributed by atoms with E-state index >= 15 is 0 Å². The molecule has 0 spiro atoms. The summed E-state index contributed by atoms with van der Waals surface area (Å²) in [6.45, 7) is 5.91. The minimum Gasteiger partial charge on any atom is -0.484 e. The summed E-state index contributed by atoms with van der Waals surface area (Å²) in [5.74, 6) is 0.664. The molecular formula is C18H26N4O2. The highest BCUT2D eigenvalue weighted by atomic mass is 16.5. The molecule has 0 atom stereocenters. The quantitative estimate of drug-likeness (QED) is 0.804. The molecule has 2 rings (SSSR count). The van der Waals surface area contributed by atoms with Gasteiger partial charge in [0.2, 0.25) is 0 Å². The van der Waals surface area contributed by atoms with Crippen LogP contribution in [0, 0.1) is 13.8 Å². The molecule has 1 N–H and O–H groups in total. The van der Waals surface area contributed by atoms with E-state index in [1.165, 1.54) is 0 Å². The van der Waals surface area contributed by atoms with Crippen molar-refractivity contribution in [3.05, 3.63) is 47.5 Å². The van der Waals surface area contributed by atoms with Crippen molar-refractivity contribution in [2.45, 2.75) is 20.4 Å². The van der Waals surface area contributed by atoms with E-state index in [0.29, 0.717) is 18.8 Å². The number of hydrogen-bond donors (Lipinski definition) is 1. The second kappa shape index (κ2) is 8.49. The monoisotopic (exact) mass is 330 g/mol. The summed E-state index contributed by atoms with van der Waals surface area (Å²) in [6.07, 6.45) is 1.65. The lowest BCUT2D eigenvalue weighted by molar-refractivity contribution is -0.134. The number of amides is 1. The molecule has 0 unspecified atom stereocenters. The molecule has 130 valence electrons. The first kappa shape index (κ1) is 18.0. The number of benzene rings is 1. The number of likely N-dealkylation sites (N-methyl/N-ethyl adjacent to an activating group) is 1. The molecule has 0 bridgehead atoms. The lowest BCUT2D eigenvalue weighted by Crippen LogP contribution is -2.39. The van der Waals surface area contributed by atoms with Crippen molar-refractivity contribution in [1.82, 2.24) is 19.8 Å². The molecule has 0 saturated carbocycles. The molecule has 6 nitrogen and oxygen atoms in total. The van der Waals surface area contributed by atoms with Gasteiger partial charge in [0.1, 0.15) is 5.75 Å². The van der Waals surface area contributed by atoms with Gasteiger partial charge >= 0.3 is 0 Å². The summed E-state index contributed by atoms with van der Waals surface area (Å²) >= 11 is 0. The second-order valence-corrected chi connectivity index (χ2v) is 6.19. The van der Waals surface area contributed by atoms with Crippen molar-refractivity contribution in [2.75, 3.05) is 33.8 Å². The second-order valence-electron chi connectivity index (χ2n) is 6.19. The van der Waals surface area contributed by atoms with Gasteiger partial charge in [-0.15, -0.1) is 0 Å². The molecule has 0 fully saturated rings. The molecule has 1 heterocycles. The van der Waals surface area contributed by atoms with Crippen LogP contribution < -0.4 is 4.74 Å². The Morgan fingerprint density at radius 3 is 2.46 bits per heavy atom. The largest absolute Gasteiger partial charge is 0.484 e. The molecule has 1 aromatic heterocycles. The molecule has 2 aromatic rings. The van der Waals surface area contributed by atoms with Crippen LogP contribution in [0.25, 0.3) is 0 Å². The molecule has 0 aliphatic rings. The Morgan fingerprint density at radius 1 is 1.17 bits per heavy atom. The van der Waals surface area contributed by atoms with Gasteiger partial charge in [-0.2, -0.15) is 0 Å². The SMILES string of the molecule is Cc1ccc(OCC(=O)N(CCN(C)C)Cc2nc[nH]c2C)cc1. The van der Waals surface area contributed by atoms with E-state index in [-0.39, 0.29) is 12.5 Å². The van der Waals surface area contributed by atoms with Crippen molar-refractivity contribution in [1.29, 1.82) is 0 Å². The average molecular weight is 330 g/mol. The van der Waals surface area contributed by atoms with E-state index in [9.17, 15) is 4.79 Å². The number of aryl methyl sites for hydroxylation is 2. The number of aromatic nitrogens is 2. The van der Waals surface area contributed by atoms with Gasteiger partial charge in [0, 0.05) is 18.8 Å². The number of ether oxygens (including phenoxy) is 1. The zero-order chi connectivity index (χ0) is 17.5. The first-order chi connectivity index (χ1) is 11.5. The van der Waals surface area contributed by atoms with Crippen molar-refractivity contribution in [3.63, 3.8) is 0 Å². The third-order valence-corrected chi connectivity index (χ3v) is 3.83. The average Bonchev–Trinajstić information content (AvgIpc) is 2.95. The highest BCUT2D eigenvalue weighted by Crippen LogP contribution is 2.12. The highest BCUT2D eigenvalue weighted by Gasteiger charge is 2.17. The van der Waals surface area contributed by atoms with E-state index in [1.54, 1.807) is 11.2 Å². The smallest absolute Gasteiger partial charge is 0.260 e. The van der Waals surface area contributed by atoms with E-state index < -0.39 is 0 Å². The fourth-order valence-corrected chi connectivity index (χ4v) is 2.21. The summed E-state index contributed by atoms with van der Waals surface area (Å²) < 4.78 is 5.63. The maximum atomic E-state index is 12.6. The first-order valence-electron chi connectivity index (χ1n) is 8.06. The molecular weight excluding hydrogens is 304 g/mol. The third kappa shape index (κ3) is 5.38. The molecule has 1 amide bonds. The molecule has 6 heteroatoms. The number of carbonyl (C=O) groups excluding carboxylic acids is 1. The number of H-pyrrole nitrogens is 1. The zero-order valence-corrected chi connectivity index (χ0v) is 14.9. The number of nitrogens with one attached hydrogen (secondary N) is 1. The van der Waals surface area contributed by atoms with Crippen molar-refractivity contribution < 1.29 is 9.53 Å². The Balaban J connectivity index is 1.97. The predicted octanol–water partition coefficient (Wildman–Crippen LogP) is 2.00. The summed E-state index contributed by atoms with van der Waals surface area (Å²) in [6, 6.07) is 7.70. The van der Waals surface area contributed by atoms with Crippen LogP contribution in [0.2, 0.25) is 0 Å². The molecule has 1 aromatic carbocycles. The lowest BCUT2D eigenvalue weighted by atomic mass is 10.2. The van der Waals surface area contributed by atoms with Gasteiger partial charge in [0.05, 0.1) is 18.6 Å². The van der Waals surface area contributed by atoms with Crippen molar-refractivity contribution in [2.24, 2.45) is 0 Å². The summed E-state index contributed by atoms with van der Waals surface area (Å²) in [7, 11) is 3.98. The van der Waals surface area contributed by atoms with Crippen LogP contribution in [-0.2, 0) is 11.3 Å². The van der Waals surface area contributed by atoms with Crippen LogP contribution in [0.15, 0.2) is 30.6 Å². The van der Waals surface area contributed by atoms with Gasteiger partial charge in [0.25, 0.3) is 5.91 Å². The van der Waals surface area contributed by atoms with Crippen LogP contribution in [0.3, 0.4) is 0 Å². The van der Waals surface area contributed by atoms with Gasteiger partial charge in [-0.05, 0) is 40.1 Å². The van der Waals surface area contributed by atoms with E-state index in [2.05, 4.69) is 14.9 Å². The van der Waals surface area contributed by atoms with Gasteiger partial charge in [-0.1, -0.05) is 17.7 Å². The van der Waals surface area contributed by atoms with Gasteiger partial charge < -0.3 is 19.5 Å². The lowest BCUT2D eigenvalue weighted by Gasteiger charge is -2.24. The number of aromatic amines is 1. The van der Waals surface area contributed by atoms with Crippen LogP contribution in [0.1, 0.15) is 17.0 Å². The number of carbonyl (C=O) groups is 1. The molecule has 24 heavy (non-hydrogen) atoms. The Kier molecular flexibility index (Phi) is 6.37. The molecule has 0 aliphatic heterocycles. The van der Waals surface area contributed by atoms with Crippen LogP contribution in [0.4, 0.5) is 0 Å². The molecule has 0 saturated heterocycles. The van der Waals surface area contributed by atoms with Crippen molar-refractivity contribution >= 4 is 5.91 Å². The summed E-state index contributed by atoms with van der Waals surface area (Å²) in [4.78, 5) is 23.8. The number of nitrogens with zero attached hydrogens (tertiary/aromatic N) is 3. The van der Waals surface area contributed by atoms with Gasteiger partial charge in [-0.25, -0.2) is 4.98 Å². The van der Waals surface area contributed by atoms with Gasteiger partial charge in [-0.3, -0.25) is 4.79 Å². The Bertz CT molecular complexity index is 649. The Labute approximate surface area is 143 Å².